The third-order valence-corrected chi connectivity index (χ3v) is 4.71. The molecule has 23 heavy (non-hydrogen) atoms. The normalized spacial score (nSPS) is 13.0. The van der Waals surface area contributed by atoms with Crippen molar-refractivity contribution in [2.24, 2.45) is 4.36 Å². The molecule has 0 aromatic heterocycles. The number of anilines is 1. The van der Waals surface area contributed by atoms with Crippen molar-refractivity contribution in [1.82, 2.24) is 0 Å². The lowest BCUT2D eigenvalue weighted by atomic mass is 10.3. The smallest absolute Gasteiger partial charge is 0.306 e. The maximum atomic E-state index is 12.5. The molecule has 120 valence electrons. The minimum absolute atomic E-state index is 0.132. The van der Waals surface area contributed by atoms with E-state index in [0.29, 0.717) is 10.7 Å². The molecule has 0 saturated carbocycles. The maximum Gasteiger partial charge on any atom is 0.353 e. The zero-order chi connectivity index (χ0) is 17.0. The first kappa shape index (κ1) is 16.9. The van der Waals surface area contributed by atoms with Crippen LogP contribution in [0.5, 0.6) is 0 Å². The fourth-order valence-corrected chi connectivity index (χ4v) is 3.04. The van der Waals surface area contributed by atoms with Crippen molar-refractivity contribution >= 4 is 38.7 Å². The molecule has 1 atom stereocenters. The van der Waals surface area contributed by atoms with Gasteiger partial charge in [-0.05, 0) is 30.3 Å². The van der Waals surface area contributed by atoms with Crippen molar-refractivity contribution in [3.05, 3.63) is 63.7 Å². The minimum atomic E-state index is -3.02. The van der Waals surface area contributed by atoms with Crippen LogP contribution in [0.4, 0.5) is 16.2 Å². The van der Waals surface area contributed by atoms with Gasteiger partial charge in [-0.3, -0.25) is 10.1 Å². The molecule has 0 bridgehead atoms. The van der Waals surface area contributed by atoms with Crippen molar-refractivity contribution in [2.45, 2.75) is 4.90 Å². The number of carbonyl (C=O) groups is 1. The number of non-ortho nitro benzene ring substituents is 1. The number of halogens is 1. The van der Waals surface area contributed by atoms with Gasteiger partial charge in [-0.2, -0.15) is 0 Å². The van der Waals surface area contributed by atoms with Crippen LogP contribution in [0, 0.1) is 10.1 Å². The Morgan fingerprint density at radius 3 is 2.48 bits per heavy atom. The molecule has 2 amide bonds. The van der Waals surface area contributed by atoms with Gasteiger partial charge in [-0.1, -0.05) is 17.7 Å². The van der Waals surface area contributed by atoms with Crippen LogP contribution in [0.25, 0.3) is 0 Å². The Labute approximate surface area is 137 Å². The molecule has 2 rings (SSSR count). The molecule has 0 radical (unpaired) electrons. The predicted octanol–water partition coefficient (Wildman–Crippen LogP) is 3.94. The SMILES string of the molecule is CS(=O)(=NC(=O)Nc1cccc(Cl)c1)c1ccc([N+](=O)[O-])cc1. The molecule has 0 aliphatic heterocycles. The summed E-state index contributed by atoms with van der Waals surface area (Å²) in [7, 11) is -3.02. The zero-order valence-corrected chi connectivity index (χ0v) is 13.5. The molecule has 9 heteroatoms. The Bertz CT molecular complexity index is 874. The Balaban J connectivity index is 2.23. The van der Waals surface area contributed by atoms with E-state index in [2.05, 4.69) is 9.68 Å². The number of hydrogen-bond acceptors (Lipinski definition) is 4. The molecule has 0 spiro atoms. The van der Waals surface area contributed by atoms with Crippen LogP contribution in [0.3, 0.4) is 0 Å². The van der Waals surface area contributed by atoms with E-state index in [1.807, 2.05) is 0 Å². The van der Waals surface area contributed by atoms with Crippen molar-refractivity contribution in [3.8, 4) is 0 Å². The highest BCUT2D eigenvalue weighted by Crippen LogP contribution is 2.18. The first-order valence-electron chi connectivity index (χ1n) is 6.31. The number of amides is 2. The summed E-state index contributed by atoms with van der Waals surface area (Å²) in [5.74, 6) is 0. The van der Waals surface area contributed by atoms with Crippen LogP contribution in [0.2, 0.25) is 5.02 Å². The Morgan fingerprint density at radius 1 is 1.26 bits per heavy atom. The minimum Gasteiger partial charge on any atom is -0.306 e. The largest absolute Gasteiger partial charge is 0.353 e. The van der Waals surface area contributed by atoms with E-state index in [0.717, 1.165) is 0 Å². The number of rotatable bonds is 3. The van der Waals surface area contributed by atoms with E-state index in [4.69, 9.17) is 11.6 Å². The number of benzene rings is 2. The topological polar surface area (TPSA) is 102 Å². The van der Waals surface area contributed by atoms with Crippen LogP contribution in [0.1, 0.15) is 0 Å². The lowest BCUT2D eigenvalue weighted by molar-refractivity contribution is -0.384. The van der Waals surface area contributed by atoms with Gasteiger partial charge in [0.15, 0.2) is 0 Å². The molecule has 0 fully saturated rings. The van der Waals surface area contributed by atoms with Crippen molar-refractivity contribution in [1.29, 1.82) is 0 Å². The highest BCUT2D eigenvalue weighted by atomic mass is 35.5. The second-order valence-corrected chi connectivity index (χ2v) is 7.28. The Hall–Kier alpha value is -2.45. The van der Waals surface area contributed by atoms with Crippen LogP contribution >= 0.6 is 11.6 Å². The average Bonchev–Trinajstić information content (AvgIpc) is 2.46. The molecule has 0 aliphatic rings. The first-order valence-corrected chi connectivity index (χ1v) is 8.61. The highest BCUT2D eigenvalue weighted by molar-refractivity contribution is 7.93. The molecule has 2 aromatic carbocycles. The molecule has 2 aromatic rings. The van der Waals surface area contributed by atoms with Gasteiger partial charge in [0, 0.05) is 34.0 Å². The van der Waals surface area contributed by atoms with E-state index in [9.17, 15) is 19.1 Å². The fraction of sp³-hybridized carbons (Fsp3) is 0.0714. The summed E-state index contributed by atoms with van der Waals surface area (Å²) in [5.41, 5.74) is 0.289. The number of nitrogens with zero attached hydrogens (tertiary/aromatic N) is 2. The average molecular weight is 354 g/mol. The third-order valence-electron chi connectivity index (χ3n) is 2.82. The monoisotopic (exact) mass is 353 g/mol. The molecule has 7 nitrogen and oxygen atoms in total. The number of carbonyl (C=O) groups excluding carboxylic acids is 1. The quantitative estimate of drug-likeness (QED) is 0.666. The van der Waals surface area contributed by atoms with Crippen molar-refractivity contribution in [3.63, 3.8) is 0 Å². The molecule has 1 N–H and O–H groups in total. The van der Waals surface area contributed by atoms with Gasteiger partial charge in [0.1, 0.15) is 0 Å². The van der Waals surface area contributed by atoms with Crippen LogP contribution in [-0.4, -0.2) is 21.4 Å². The van der Waals surface area contributed by atoms with Gasteiger partial charge in [0.05, 0.1) is 14.7 Å². The van der Waals surface area contributed by atoms with E-state index in [1.165, 1.54) is 36.6 Å². The predicted molar refractivity (Wildman–Crippen MR) is 88.3 cm³/mol. The standard InChI is InChI=1S/C14H12ClN3O4S/c1-23(22,13-7-5-12(6-8-13)18(20)21)17-14(19)16-11-4-2-3-10(15)9-11/h2-9H,1H3,(H,16,19). The van der Waals surface area contributed by atoms with Gasteiger partial charge in [0.25, 0.3) is 5.69 Å². The molecule has 0 aliphatic carbocycles. The van der Waals surface area contributed by atoms with Crippen molar-refractivity contribution in [2.75, 3.05) is 11.6 Å². The first-order chi connectivity index (χ1) is 10.8. The van der Waals surface area contributed by atoms with Gasteiger partial charge < -0.3 is 5.32 Å². The summed E-state index contributed by atoms with van der Waals surface area (Å²) in [6.45, 7) is 0. The number of nitrogens with one attached hydrogen (secondary N) is 1. The Morgan fingerprint density at radius 2 is 1.91 bits per heavy atom. The third kappa shape index (κ3) is 4.51. The van der Waals surface area contributed by atoms with E-state index in [1.54, 1.807) is 18.2 Å². The molecular formula is C14H12ClN3O4S. The van der Waals surface area contributed by atoms with E-state index >= 15 is 0 Å². The lowest BCUT2D eigenvalue weighted by Gasteiger charge is -2.05. The summed E-state index contributed by atoms with van der Waals surface area (Å²) in [5, 5.41) is 13.5. The molecule has 0 saturated heterocycles. The second-order valence-electron chi connectivity index (χ2n) is 4.59. The number of urea groups is 1. The van der Waals surface area contributed by atoms with Gasteiger partial charge in [-0.25, -0.2) is 9.00 Å². The number of hydrogen-bond donors (Lipinski definition) is 1. The Kier molecular flexibility index (Phi) is 4.97. The molecule has 1 unspecified atom stereocenters. The van der Waals surface area contributed by atoms with Gasteiger partial charge in [0.2, 0.25) is 0 Å². The summed E-state index contributed by atoms with van der Waals surface area (Å²) in [6, 6.07) is 10.7. The summed E-state index contributed by atoms with van der Waals surface area (Å²) < 4.78 is 16.2. The summed E-state index contributed by atoms with van der Waals surface area (Å²) in [4.78, 5) is 22.1. The van der Waals surface area contributed by atoms with Crippen LogP contribution in [-0.2, 0) is 9.73 Å². The zero-order valence-electron chi connectivity index (χ0n) is 11.9. The van der Waals surface area contributed by atoms with E-state index in [-0.39, 0.29) is 10.6 Å². The molecule has 0 heterocycles. The second kappa shape index (κ2) is 6.76. The lowest BCUT2D eigenvalue weighted by Crippen LogP contribution is -2.10. The van der Waals surface area contributed by atoms with Gasteiger partial charge in [-0.15, -0.1) is 4.36 Å². The van der Waals surface area contributed by atoms with Gasteiger partial charge >= 0.3 is 6.03 Å². The highest BCUT2D eigenvalue weighted by Gasteiger charge is 2.12. The molecular weight excluding hydrogens is 342 g/mol. The fourth-order valence-electron chi connectivity index (χ4n) is 1.74. The maximum absolute atomic E-state index is 12.5. The number of nitro groups is 1. The van der Waals surface area contributed by atoms with Crippen molar-refractivity contribution < 1.29 is 13.9 Å². The summed E-state index contributed by atoms with van der Waals surface area (Å²) >= 11 is 5.80. The van der Waals surface area contributed by atoms with Crippen LogP contribution < -0.4 is 5.32 Å². The van der Waals surface area contributed by atoms with Crippen LogP contribution in [0.15, 0.2) is 57.8 Å². The summed E-state index contributed by atoms with van der Waals surface area (Å²) in [6.07, 6.45) is 1.28. The van der Waals surface area contributed by atoms with E-state index < -0.39 is 20.7 Å². The number of nitro benzene ring substituents is 1.